The van der Waals surface area contributed by atoms with Gasteiger partial charge < -0.3 is 14.5 Å². The van der Waals surface area contributed by atoms with E-state index in [1.54, 1.807) is 0 Å². The van der Waals surface area contributed by atoms with Crippen molar-refractivity contribution in [2.75, 3.05) is 0 Å². The molecule has 0 spiro atoms. The van der Waals surface area contributed by atoms with Gasteiger partial charge in [-0.15, -0.1) is 0 Å². The van der Waals surface area contributed by atoms with Gasteiger partial charge in [0.15, 0.2) is 6.17 Å². The molecule has 0 aliphatic carbocycles. The zero-order chi connectivity index (χ0) is 37.0. The Morgan fingerprint density at radius 2 is 0.839 bits per heavy atom. The Hall–Kier alpha value is -7.50. The molecule has 1 N–H and O–H groups in total. The highest BCUT2D eigenvalue weighted by Crippen LogP contribution is 2.38. The Labute approximate surface area is 324 Å². The van der Waals surface area contributed by atoms with E-state index in [0.717, 1.165) is 50.8 Å². The van der Waals surface area contributed by atoms with E-state index in [0.29, 0.717) is 0 Å². The zero-order valence-corrected chi connectivity index (χ0v) is 30.4. The van der Waals surface area contributed by atoms with Crippen LogP contribution < -0.4 is 5.32 Å². The number of aromatic nitrogens is 2. The van der Waals surface area contributed by atoms with Gasteiger partial charge in [0.2, 0.25) is 0 Å². The fourth-order valence-corrected chi connectivity index (χ4v) is 8.35. The van der Waals surface area contributed by atoms with Gasteiger partial charge in [-0.1, -0.05) is 146 Å². The molecule has 3 heterocycles. The number of hydrogen-bond acceptors (Lipinski definition) is 3. The molecular weight excluding hydrogens is 683 g/mol. The lowest BCUT2D eigenvalue weighted by atomic mass is 10.0. The quantitative estimate of drug-likeness (QED) is 0.183. The monoisotopic (exact) mass is 717 g/mol. The number of hydrogen-bond donors (Lipinski definition) is 1. The van der Waals surface area contributed by atoms with E-state index in [2.05, 4.69) is 178 Å². The van der Waals surface area contributed by atoms with Crippen molar-refractivity contribution in [3.8, 4) is 22.5 Å². The van der Waals surface area contributed by atoms with Crippen LogP contribution in [0.1, 0.15) is 22.9 Å². The summed E-state index contributed by atoms with van der Waals surface area (Å²) in [6.07, 6.45) is -0.421. The maximum absolute atomic E-state index is 5.17. The second kappa shape index (κ2) is 13.1. The second-order valence-corrected chi connectivity index (χ2v) is 14.3. The summed E-state index contributed by atoms with van der Waals surface area (Å²) in [6, 6.07) is 71.1. The van der Waals surface area contributed by atoms with Crippen LogP contribution in [-0.4, -0.2) is 20.8 Å². The molecule has 0 saturated carbocycles. The molecule has 5 heteroatoms. The van der Waals surface area contributed by atoms with Gasteiger partial charge >= 0.3 is 0 Å². The van der Waals surface area contributed by atoms with Crippen molar-refractivity contribution in [2.45, 2.75) is 6.17 Å². The van der Waals surface area contributed by atoms with Crippen LogP contribution in [0.25, 0.3) is 66.1 Å². The van der Waals surface area contributed by atoms with Gasteiger partial charge in [0.05, 0.1) is 22.1 Å². The van der Waals surface area contributed by atoms with E-state index in [1.807, 2.05) is 36.4 Å². The predicted octanol–water partition coefficient (Wildman–Crippen LogP) is 12.0. The Kier molecular flexibility index (Phi) is 7.49. The van der Waals surface area contributed by atoms with Crippen molar-refractivity contribution in [3.05, 3.63) is 217 Å². The first kappa shape index (κ1) is 32.0. The molecule has 1 aliphatic heterocycles. The van der Waals surface area contributed by atoms with Gasteiger partial charge in [0.25, 0.3) is 0 Å². The molecule has 10 aromatic rings. The lowest BCUT2D eigenvalue weighted by Crippen LogP contribution is -2.36. The fraction of sp³-hybridized carbons (Fsp3) is 0.0196. The summed E-state index contributed by atoms with van der Waals surface area (Å²) >= 11 is 0. The normalized spacial score (nSPS) is 13.3. The van der Waals surface area contributed by atoms with Crippen molar-refractivity contribution in [1.82, 2.24) is 14.5 Å². The third-order valence-corrected chi connectivity index (χ3v) is 11.0. The minimum absolute atomic E-state index is 0.421. The molecule has 56 heavy (non-hydrogen) atoms. The lowest BCUT2D eigenvalue weighted by molar-refractivity contribution is 0.755. The number of para-hydroxylation sites is 3. The Morgan fingerprint density at radius 3 is 1.52 bits per heavy atom. The number of aliphatic imine (C=N–C) groups is 2. The molecule has 2 aromatic heterocycles. The van der Waals surface area contributed by atoms with E-state index in [4.69, 9.17) is 9.98 Å². The summed E-state index contributed by atoms with van der Waals surface area (Å²) in [5.41, 5.74) is 12.4. The average Bonchev–Trinajstić information content (AvgIpc) is 3.79. The maximum atomic E-state index is 5.17. The number of nitrogens with zero attached hydrogens (tertiary/aromatic N) is 4. The van der Waals surface area contributed by atoms with E-state index < -0.39 is 6.17 Å². The van der Waals surface area contributed by atoms with Crippen LogP contribution in [0.2, 0.25) is 0 Å². The van der Waals surface area contributed by atoms with Crippen molar-refractivity contribution in [2.24, 2.45) is 9.98 Å². The molecular formula is C51H35N5. The fourth-order valence-electron chi connectivity index (χ4n) is 8.35. The van der Waals surface area contributed by atoms with Crippen LogP contribution in [-0.2, 0) is 0 Å². The van der Waals surface area contributed by atoms with Gasteiger partial charge in [-0.05, 0) is 65.7 Å². The van der Waals surface area contributed by atoms with Crippen LogP contribution in [0.3, 0.4) is 0 Å². The summed E-state index contributed by atoms with van der Waals surface area (Å²) in [5.74, 6) is 1.61. The Morgan fingerprint density at radius 1 is 0.339 bits per heavy atom. The Balaban J connectivity index is 1.06. The van der Waals surface area contributed by atoms with Crippen LogP contribution >= 0.6 is 0 Å². The summed E-state index contributed by atoms with van der Waals surface area (Å²) in [6.45, 7) is 0. The summed E-state index contributed by atoms with van der Waals surface area (Å²) in [4.78, 5) is 10.3. The topological polar surface area (TPSA) is 46.6 Å². The van der Waals surface area contributed by atoms with Crippen molar-refractivity contribution >= 4 is 55.3 Å². The van der Waals surface area contributed by atoms with Crippen LogP contribution in [0.15, 0.2) is 210 Å². The summed E-state index contributed by atoms with van der Waals surface area (Å²) in [5, 5.41) is 8.44. The highest BCUT2D eigenvalue weighted by molar-refractivity contribution is 6.16. The Bertz CT molecular complexity index is 3100. The smallest absolute Gasteiger partial charge is 0.169 e. The molecule has 1 aliphatic rings. The number of amidine groups is 2. The van der Waals surface area contributed by atoms with Gasteiger partial charge in [-0.3, -0.25) is 0 Å². The molecule has 0 saturated heterocycles. The third kappa shape index (κ3) is 5.32. The largest absolute Gasteiger partial charge is 0.324 e. The molecule has 0 amide bonds. The van der Waals surface area contributed by atoms with Gasteiger partial charge in [-0.2, -0.15) is 0 Å². The van der Waals surface area contributed by atoms with Gasteiger partial charge in [0, 0.05) is 49.6 Å². The van der Waals surface area contributed by atoms with Crippen molar-refractivity contribution in [3.63, 3.8) is 0 Å². The highest BCUT2D eigenvalue weighted by Gasteiger charge is 2.22. The highest BCUT2D eigenvalue weighted by atomic mass is 15.2. The molecule has 5 nitrogen and oxygen atoms in total. The summed E-state index contributed by atoms with van der Waals surface area (Å²) < 4.78 is 4.76. The number of fused-ring (bicyclic) bond motifs is 6. The molecule has 0 bridgehead atoms. The number of nitrogens with one attached hydrogen (secondary N) is 1. The minimum atomic E-state index is -0.421. The average molecular weight is 718 g/mol. The molecule has 8 aromatic carbocycles. The standard InChI is InChI=1S/C51H35N5/c1-4-15-34(16-5-1)49-52-50(35-17-6-2-7-18-35)54-51(53-49)38-19-14-22-40(31-38)56-45-25-12-10-23-41(45)43-29-27-37(33-48(43)56)36-28-30-47-44(32-36)42-24-11-13-26-46(42)55(47)39-20-8-3-9-21-39/h1-33,51H,(H,52,53,54). The zero-order valence-electron chi connectivity index (χ0n) is 30.4. The van der Waals surface area contributed by atoms with E-state index >= 15 is 0 Å². The van der Waals surface area contributed by atoms with Crippen LogP contribution in [0, 0.1) is 0 Å². The first-order valence-electron chi connectivity index (χ1n) is 19.0. The second-order valence-electron chi connectivity index (χ2n) is 14.3. The molecule has 0 unspecified atom stereocenters. The maximum Gasteiger partial charge on any atom is 0.169 e. The predicted molar refractivity (Wildman–Crippen MR) is 232 cm³/mol. The number of benzene rings is 8. The first-order valence-corrected chi connectivity index (χ1v) is 19.0. The lowest BCUT2D eigenvalue weighted by Gasteiger charge is -2.22. The SMILES string of the molecule is c1ccc(C2=NC(c3cccc(-n4c5ccccc5c5ccc(-c6ccc7c(c6)c6ccccc6n7-c6ccccc6)cc54)c3)N=C(c3ccccc3)N2)cc1. The third-order valence-electron chi connectivity index (χ3n) is 11.0. The molecule has 0 atom stereocenters. The summed E-state index contributed by atoms with van der Waals surface area (Å²) in [7, 11) is 0. The van der Waals surface area contributed by atoms with E-state index in [1.165, 1.54) is 43.7 Å². The molecule has 264 valence electrons. The van der Waals surface area contributed by atoms with Crippen LogP contribution in [0.4, 0.5) is 0 Å². The van der Waals surface area contributed by atoms with E-state index in [-0.39, 0.29) is 0 Å². The van der Waals surface area contributed by atoms with Gasteiger partial charge in [0.1, 0.15) is 11.7 Å². The van der Waals surface area contributed by atoms with Crippen molar-refractivity contribution in [1.29, 1.82) is 0 Å². The van der Waals surface area contributed by atoms with Crippen molar-refractivity contribution < 1.29 is 0 Å². The molecule has 0 radical (unpaired) electrons. The van der Waals surface area contributed by atoms with Gasteiger partial charge in [-0.25, -0.2) is 9.98 Å². The molecule has 11 rings (SSSR count). The number of rotatable bonds is 6. The molecule has 0 fully saturated rings. The van der Waals surface area contributed by atoms with Crippen LogP contribution in [0.5, 0.6) is 0 Å². The minimum Gasteiger partial charge on any atom is -0.324 e. The van der Waals surface area contributed by atoms with E-state index in [9.17, 15) is 0 Å². The first-order chi connectivity index (χ1) is 27.8.